The molecule has 9 aliphatic rings. The highest BCUT2D eigenvalue weighted by Crippen LogP contribution is 2.51. The Morgan fingerprint density at radius 3 is 1.17 bits per heavy atom. The van der Waals surface area contributed by atoms with Gasteiger partial charge >= 0.3 is 23.9 Å². The van der Waals surface area contributed by atoms with E-state index in [-0.39, 0.29) is 53.7 Å². The summed E-state index contributed by atoms with van der Waals surface area (Å²) in [6, 6.07) is 0. The number of carbonyl (C=O) groups excluding carboxylic acids is 4. The highest BCUT2D eigenvalue weighted by atomic mass is 16.4. The van der Waals surface area contributed by atoms with E-state index in [1.54, 1.807) is 6.92 Å². The maximum absolute atomic E-state index is 12.8. The molecule has 346 valence electrons. The SMILES string of the molecule is CCNC(=O)C1C2C=CC(C2)C1C(=O)O.CCNC(=O)C1CC(C(=O)O)C(C(=O)NCC2CC3CCC2C3)C1C(=O)O.O=C(O)C1C2C=CC(C2)C1C(=O)NCC1CC2CCC1C2. The topological polar surface area (TPSA) is 266 Å². The van der Waals surface area contributed by atoms with Crippen LogP contribution in [0.25, 0.3) is 0 Å². The Hall–Kier alpha value is -4.76. The van der Waals surface area contributed by atoms with E-state index in [2.05, 4.69) is 21.3 Å². The van der Waals surface area contributed by atoms with E-state index in [0.717, 1.165) is 43.6 Å². The molecule has 0 aromatic heterocycles. The number of hydrogen-bond donors (Lipinski definition) is 8. The van der Waals surface area contributed by atoms with Gasteiger partial charge in [0.15, 0.2) is 0 Å². The molecule has 7 saturated carbocycles. The molecule has 9 rings (SSSR count). The molecule has 7 fully saturated rings. The van der Waals surface area contributed by atoms with Crippen molar-refractivity contribution in [1.29, 1.82) is 0 Å². The summed E-state index contributed by atoms with van der Waals surface area (Å²) < 4.78 is 0. The second-order valence-corrected chi connectivity index (χ2v) is 20.0. The van der Waals surface area contributed by atoms with E-state index >= 15 is 0 Å². The fraction of sp³-hybridized carbons (Fsp3) is 0.745. The minimum atomic E-state index is -1.32. The molecule has 0 heterocycles. The Bertz CT molecular complexity index is 1870. The van der Waals surface area contributed by atoms with Gasteiger partial charge in [0.25, 0.3) is 0 Å². The number of aliphatic carboxylic acids is 4. The van der Waals surface area contributed by atoms with E-state index in [1.807, 2.05) is 31.2 Å². The number of nitrogens with one attached hydrogen (secondary N) is 4. The molecule has 18 atom stereocenters. The van der Waals surface area contributed by atoms with Crippen LogP contribution in [0.3, 0.4) is 0 Å². The highest BCUT2D eigenvalue weighted by Gasteiger charge is 2.56. The first-order chi connectivity index (χ1) is 30.1. The number of fused-ring (bicyclic) bond motifs is 8. The summed E-state index contributed by atoms with van der Waals surface area (Å²) in [6.07, 6.45) is 19.5. The van der Waals surface area contributed by atoms with Gasteiger partial charge in [0.05, 0.1) is 47.3 Å². The molecular weight excluding hydrogens is 813 g/mol. The molecule has 8 bridgehead atoms. The summed E-state index contributed by atoms with van der Waals surface area (Å²) >= 11 is 0. The number of rotatable bonds is 14. The van der Waals surface area contributed by atoms with Crippen LogP contribution in [-0.2, 0) is 38.4 Å². The molecular formula is C47H66N4O12. The summed E-state index contributed by atoms with van der Waals surface area (Å²) in [7, 11) is 0. The molecule has 63 heavy (non-hydrogen) atoms. The van der Waals surface area contributed by atoms with Crippen molar-refractivity contribution >= 4 is 47.5 Å². The van der Waals surface area contributed by atoms with Gasteiger partial charge in [0, 0.05) is 26.2 Å². The predicted molar refractivity (Wildman–Crippen MR) is 226 cm³/mol. The largest absolute Gasteiger partial charge is 0.481 e. The average molecular weight is 879 g/mol. The van der Waals surface area contributed by atoms with E-state index in [1.165, 1.54) is 44.9 Å². The van der Waals surface area contributed by atoms with Crippen LogP contribution < -0.4 is 21.3 Å². The number of carboxylic acids is 4. The Labute approximate surface area is 368 Å². The fourth-order valence-electron chi connectivity index (χ4n) is 13.8. The van der Waals surface area contributed by atoms with Gasteiger partial charge < -0.3 is 41.7 Å². The molecule has 0 aromatic rings. The Morgan fingerprint density at radius 1 is 0.413 bits per heavy atom. The molecule has 18 unspecified atom stereocenters. The van der Waals surface area contributed by atoms with Crippen LogP contribution in [-0.4, -0.2) is 94.1 Å². The Kier molecular flexibility index (Phi) is 14.3. The maximum atomic E-state index is 12.8. The molecule has 0 aromatic carbocycles. The third-order valence-corrected chi connectivity index (χ3v) is 16.6. The van der Waals surface area contributed by atoms with Crippen molar-refractivity contribution in [2.45, 2.75) is 84.5 Å². The van der Waals surface area contributed by atoms with Crippen LogP contribution in [0.5, 0.6) is 0 Å². The van der Waals surface area contributed by atoms with Crippen LogP contribution in [0, 0.1) is 107 Å². The first-order valence-corrected chi connectivity index (χ1v) is 23.5. The third kappa shape index (κ3) is 9.55. The molecule has 0 spiro atoms. The van der Waals surface area contributed by atoms with Crippen molar-refractivity contribution in [2.24, 2.45) is 107 Å². The quantitative estimate of drug-likeness (QED) is 0.117. The van der Waals surface area contributed by atoms with E-state index in [0.29, 0.717) is 37.4 Å². The van der Waals surface area contributed by atoms with Crippen LogP contribution in [0.2, 0.25) is 0 Å². The summed E-state index contributed by atoms with van der Waals surface area (Å²) in [4.78, 5) is 95.3. The number of carboxylic acid groups (broad SMARTS) is 4. The average Bonchev–Trinajstić information content (AvgIpc) is 4.11. The zero-order valence-corrected chi connectivity index (χ0v) is 36.4. The Balaban J connectivity index is 0.000000148. The molecule has 0 radical (unpaired) electrons. The lowest BCUT2D eigenvalue weighted by Gasteiger charge is -2.26. The van der Waals surface area contributed by atoms with Crippen molar-refractivity contribution in [3.63, 3.8) is 0 Å². The maximum Gasteiger partial charge on any atom is 0.308 e. The molecule has 4 amide bonds. The van der Waals surface area contributed by atoms with Gasteiger partial charge in [-0.25, -0.2) is 0 Å². The summed E-state index contributed by atoms with van der Waals surface area (Å²) in [5.74, 6) is -7.44. The molecule has 8 N–H and O–H groups in total. The fourth-order valence-corrected chi connectivity index (χ4v) is 13.8. The number of carbonyl (C=O) groups is 8. The van der Waals surface area contributed by atoms with Gasteiger partial charge in [-0.3, -0.25) is 38.4 Å². The van der Waals surface area contributed by atoms with Crippen molar-refractivity contribution in [2.75, 3.05) is 26.2 Å². The second kappa shape index (κ2) is 19.5. The van der Waals surface area contributed by atoms with Crippen molar-refractivity contribution < 1.29 is 58.8 Å². The molecule has 0 aliphatic heterocycles. The van der Waals surface area contributed by atoms with Crippen molar-refractivity contribution in [1.82, 2.24) is 21.3 Å². The van der Waals surface area contributed by atoms with Gasteiger partial charge in [-0.1, -0.05) is 37.1 Å². The molecule has 16 heteroatoms. The van der Waals surface area contributed by atoms with Crippen molar-refractivity contribution in [3.8, 4) is 0 Å². The van der Waals surface area contributed by atoms with Gasteiger partial charge in [0.1, 0.15) is 0 Å². The lowest BCUT2D eigenvalue weighted by Crippen LogP contribution is -2.44. The number of allylic oxidation sites excluding steroid dienone is 4. The van der Waals surface area contributed by atoms with Crippen LogP contribution in [0.1, 0.15) is 84.5 Å². The number of amides is 4. The Morgan fingerprint density at radius 2 is 0.810 bits per heavy atom. The van der Waals surface area contributed by atoms with Crippen LogP contribution in [0.15, 0.2) is 24.3 Å². The first kappa shape index (κ1) is 46.2. The minimum Gasteiger partial charge on any atom is -0.481 e. The molecule has 9 aliphatic carbocycles. The highest BCUT2D eigenvalue weighted by molar-refractivity contribution is 5.95. The zero-order chi connectivity index (χ0) is 45.3. The zero-order valence-electron chi connectivity index (χ0n) is 36.4. The van der Waals surface area contributed by atoms with Gasteiger partial charge in [-0.05, 0) is 131 Å². The van der Waals surface area contributed by atoms with Gasteiger partial charge in [0.2, 0.25) is 23.6 Å². The normalized spacial score (nSPS) is 40.1. The van der Waals surface area contributed by atoms with Gasteiger partial charge in [-0.15, -0.1) is 0 Å². The second-order valence-electron chi connectivity index (χ2n) is 20.0. The van der Waals surface area contributed by atoms with Crippen LogP contribution in [0.4, 0.5) is 0 Å². The van der Waals surface area contributed by atoms with Gasteiger partial charge in [-0.2, -0.15) is 0 Å². The third-order valence-electron chi connectivity index (χ3n) is 16.6. The lowest BCUT2D eigenvalue weighted by atomic mass is 9.82. The number of hydrogen-bond acceptors (Lipinski definition) is 8. The monoisotopic (exact) mass is 878 g/mol. The lowest BCUT2D eigenvalue weighted by molar-refractivity contribution is -0.153. The predicted octanol–water partition coefficient (Wildman–Crippen LogP) is 3.42. The molecule has 16 nitrogen and oxygen atoms in total. The van der Waals surface area contributed by atoms with E-state index < -0.39 is 71.2 Å². The van der Waals surface area contributed by atoms with E-state index in [9.17, 15) is 53.7 Å². The van der Waals surface area contributed by atoms with Crippen LogP contribution >= 0.6 is 0 Å². The van der Waals surface area contributed by atoms with E-state index in [4.69, 9.17) is 5.11 Å². The summed E-state index contributed by atoms with van der Waals surface area (Å²) in [6.45, 7) is 5.64. The first-order valence-electron chi connectivity index (χ1n) is 23.5. The smallest absolute Gasteiger partial charge is 0.308 e. The van der Waals surface area contributed by atoms with Crippen molar-refractivity contribution in [3.05, 3.63) is 24.3 Å². The summed E-state index contributed by atoms with van der Waals surface area (Å²) in [5.41, 5.74) is 0. The molecule has 0 saturated heterocycles. The summed E-state index contributed by atoms with van der Waals surface area (Å²) in [5, 5.41) is 48.9. The minimum absolute atomic E-state index is 0.0259. The standard InChI is InChI=1S/C19H28N2O6.C17H23NO3.C11H15NO3/c1-2-20-16(22)12-7-13(18(24)25)14(15(12)19(26)27)17(23)21-8-11-6-9-3-4-10(11)5-9;19-16(18-8-13-6-9-1-2-10(13)5-9)14-11-3-4-12(7-11)15(14)17(20)21;1-2-12-10(13)8-6-3-4-7(5-6)9(8)11(14)15/h9-15H,2-8H2,1H3,(H,20,22)(H,21,23)(H,24,25)(H,26,27);3-4,9-15H,1-2,5-8H2,(H,18,19)(H,20,21);3-4,6-9H,2,5H2,1H3,(H,12,13)(H,14,15).